The van der Waals surface area contributed by atoms with Crippen LogP contribution in [0, 0.1) is 12.8 Å². The SMILES string of the molecule is CC(=O)N(c1ccc(C)cc1)c1nc(CN2CCC(OCC(C)C)CC2)cs1. The second-order valence-corrected chi connectivity index (χ2v) is 8.85. The van der Waals surface area contributed by atoms with Gasteiger partial charge in [-0.2, -0.15) is 0 Å². The molecule has 0 N–H and O–H groups in total. The van der Waals surface area contributed by atoms with Gasteiger partial charge in [0.15, 0.2) is 5.13 Å². The molecule has 1 aromatic heterocycles. The summed E-state index contributed by atoms with van der Waals surface area (Å²) >= 11 is 1.53. The molecule has 152 valence electrons. The van der Waals surface area contributed by atoms with Gasteiger partial charge in [0.1, 0.15) is 0 Å². The van der Waals surface area contributed by atoms with E-state index in [0.29, 0.717) is 12.0 Å². The highest BCUT2D eigenvalue weighted by Gasteiger charge is 2.22. The van der Waals surface area contributed by atoms with Crippen LogP contribution in [-0.2, 0) is 16.1 Å². The minimum absolute atomic E-state index is 0.0205. The van der Waals surface area contributed by atoms with E-state index in [-0.39, 0.29) is 5.91 Å². The van der Waals surface area contributed by atoms with E-state index in [4.69, 9.17) is 9.72 Å². The van der Waals surface area contributed by atoms with Gasteiger partial charge in [0.05, 0.1) is 17.5 Å². The first-order valence-corrected chi connectivity index (χ1v) is 11.0. The number of hydrogen-bond donors (Lipinski definition) is 0. The van der Waals surface area contributed by atoms with Crippen LogP contribution in [0.25, 0.3) is 0 Å². The number of rotatable bonds is 7. The van der Waals surface area contributed by atoms with Crippen LogP contribution in [0.3, 0.4) is 0 Å². The fourth-order valence-electron chi connectivity index (χ4n) is 3.38. The van der Waals surface area contributed by atoms with Crippen molar-refractivity contribution in [3.63, 3.8) is 0 Å². The highest BCUT2D eigenvalue weighted by atomic mass is 32.1. The number of nitrogens with zero attached hydrogens (tertiary/aromatic N) is 3. The van der Waals surface area contributed by atoms with Crippen LogP contribution in [0.15, 0.2) is 29.6 Å². The van der Waals surface area contributed by atoms with Crippen molar-refractivity contribution in [3.8, 4) is 0 Å². The predicted octanol–water partition coefficient (Wildman–Crippen LogP) is 4.77. The number of carbonyl (C=O) groups excluding carboxylic acids is 1. The summed E-state index contributed by atoms with van der Waals surface area (Å²) in [6, 6.07) is 7.98. The summed E-state index contributed by atoms with van der Waals surface area (Å²) in [6.07, 6.45) is 2.54. The van der Waals surface area contributed by atoms with Gasteiger partial charge in [-0.3, -0.25) is 14.6 Å². The third-order valence-corrected chi connectivity index (χ3v) is 5.80. The lowest BCUT2D eigenvalue weighted by molar-refractivity contribution is -0.115. The van der Waals surface area contributed by atoms with Crippen molar-refractivity contribution in [2.24, 2.45) is 5.92 Å². The third-order valence-electron chi connectivity index (χ3n) is 4.92. The number of ether oxygens (including phenoxy) is 1. The van der Waals surface area contributed by atoms with Gasteiger partial charge in [-0.05, 0) is 37.8 Å². The summed E-state index contributed by atoms with van der Waals surface area (Å²) in [5, 5.41) is 2.81. The highest BCUT2D eigenvalue weighted by Crippen LogP contribution is 2.30. The Morgan fingerprint density at radius 2 is 1.96 bits per heavy atom. The molecule has 1 fully saturated rings. The standard InChI is InChI=1S/C22H31N3O2S/c1-16(2)14-27-21-9-11-24(12-10-21)13-19-15-28-22(23-19)25(18(4)26)20-7-5-17(3)6-8-20/h5-8,15-16,21H,9-14H2,1-4H3. The van der Waals surface area contributed by atoms with E-state index in [0.717, 1.165) is 55.6 Å². The molecule has 2 aromatic rings. The number of piperidine rings is 1. The summed E-state index contributed by atoms with van der Waals surface area (Å²) in [4.78, 5) is 21.1. The van der Waals surface area contributed by atoms with Crippen LogP contribution in [0.2, 0.25) is 0 Å². The maximum Gasteiger partial charge on any atom is 0.230 e. The van der Waals surface area contributed by atoms with Crippen LogP contribution in [0.4, 0.5) is 10.8 Å². The van der Waals surface area contributed by atoms with E-state index in [1.807, 2.05) is 31.2 Å². The molecule has 1 saturated heterocycles. The molecule has 0 bridgehead atoms. The molecule has 0 unspecified atom stereocenters. The van der Waals surface area contributed by atoms with Crippen LogP contribution >= 0.6 is 11.3 Å². The number of aromatic nitrogens is 1. The molecule has 0 aliphatic carbocycles. The molecule has 5 nitrogen and oxygen atoms in total. The summed E-state index contributed by atoms with van der Waals surface area (Å²) in [7, 11) is 0. The Morgan fingerprint density at radius 3 is 2.57 bits per heavy atom. The van der Waals surface area contributed by atoms with E-state index in [1.54, 1.807) is 11.8 Å². The summed E-state index contributed by atoms with van der Waals surface area (Å²) in [5.41, 5.74) is 3.06. The van der Waals surface area contributed by atoms with Crippen LogP contribution in [0.1, 0.15) is 44.9 Å². The van der Waals surface area contributed by atoms with Crippen molar-refractivity contribution in [1.82, 2.24) is 9.88 Å². The minimum atomic E-state index is -0.0205. The smallest absolute Gasteiger partial charge is 0.230 e. The zero-order valence-corrected chi connectivity index (χ0v) is 18.2. The predicted molar refractivity (Wildman–Crippen MR) is 115 cm³/mol. The van der Waals surface area contributed by atoms with Gasteiger partial charge in [-0.1, -0.05) is 31.5 Å². The summed E-state index contributed by atoms with van der Waals surface area (Å²) < 4.78 is 5.98. The minimum Gasteiger partial charge on any atom is -0.378 e. The molecule has 1 aromatic carbocycles. The van der Waals surface area contributed by atoms with E-state index < -0.39 is 0 Å². The van der Waals surface area contributed by atoms with Crippen molar-refractivity contribution in [2.45, 2.75) is 53.2 Å². The number of carbonyl (C=O) groups is 1. The first-order valence-electron chi connectivity index (χ1n) is 10.1. The number of anilines is 2. The quantitative estimate of drug-likeness (QED) is 0.670. The second kappa shape index (κ2) is 9.63. The first kappa shape index (κ1) is 21.0. The summed E-state index contributed by atoms with van der Waals surface area (Å²) in [6.45, 7) is 11.7. The fourth-order valence-corrected chi connectivity index (χ4v) is 4.26. The first-order chi connectivity index (χ1) is 13.4. The maximum absolute atomic E-state index is 12.2. The van der Waals surface area contributed by atoms with Gasteiger partial charge >= 0.3 is 0 Å². The number of amides is 1. The molecule has 0 atom stereocenters. The molecule has 0 saturated carbocycles. The second-order valence-electron chi connectivity index (χ2n) is 8.01. The van der Waals surface area contributed by atoms with E-state index in [2.05, 4.69) is 24.1 Å². The summed E-state index contributed by atoms with van der Waals surface area (Å²) in [5.74, 6) is 0.567. The molecular weight excluding hydrogens is 370 g/mol. The molecular formula is C22H31N3O2S. The van der Waals surface area contributed by atoms with Crippen molar-refractivity contribution < 1.29 is 9.53 Å². The lowest BCUT2D eigenvalue weighted by Crippen LogP contribution is -2.37. The molecule has 1 aliphatic heterocycles. The Morgan fingerprint density at radius 1 is 1.29 bits per heavy atom. The molecule has 3 rings (SSSR count). The van der Waals surface area contributed by atoms with Crippen molar-refractivity contribution in [3.05, 3.63) is 40.9 Å². The largest absolute Gasteiger partial charge is 0.378 e. The van der Waals surface area contributed by atoms with E-state index in [1.165, 1.54) is 16.9 Å². The van der Waals surface area contributed by atoms with Crippen molar-refractivity contribution in [1.29, 1.82) is 0 Å². The number of thiazole rings is 1. The average molecular weight is 402 g/mol. The normalized spacial score (nSPS) is 15.9. The lowest BCUT2D eigenvalue weighted by Gasteiger charge is -2.31. The van der Waals surface area contributed by atoms with Gasteiger partial charge in [-0.25, -0.2) is 4.98 Å². The Labute approximate surface area is 172 Å². The Balaban J connectivity index is 1.59. The topological polar surface area (TPSA) is 45.7 Å². The van der Waals surface area contributed by atoms with Crippen LogP contribution in [0.5, 0.6) is 0 Å². The Bertz CT molecular complexity index is 764. The van der Waals surface area contributed by atoms with Crippen LogP contribution < -0.4 is 4.90 Å². The molecule has 0 radical (unpaired) electrons. The molecule has 6 heteroatoms. The lowest BCUT2D eigenvalue weighted by atomic mass is 10.1. The van der Waals surface area contributed by atoms with Crippen molar-refractivity contribution >= 4 is 28.1 Å². The maximum atomic E-state index is 12.2. The third kappa shape index (κ3) is 5.63. The fraction of sp³-hybridized carbons (Fsp3) is 0.545. The number of aryl methyl sites for hydroxylation is 1. The average Bonchev–Trinajstić information content (AvgIpc) is 3.10. The van der Waals surface area contributed by atoms with Crippen molar-refractivity contribution in [2.75, 3.05) is 24.6 Å². The van der Waals surface area contributed by atoms with Gasteiger partial charge in [-0.15, -0.1) is 11.3 Å². The zero-order valence-electron chi connectivity index (χ0n) is 17.4. The Kier molecular flexibility index (Phi) is 7.21. The zero-order chi connectivity index (χ0) is 20.1. The molecule has 1 aliphatic rings. The van der Waals surface area contributed by atoms with E-state index >= 15 is 0 Å². The number of likely N-dealkylation sites (tertiary alicyclic amines) is 1. The molecule has 28 heavy (non-hydrogen) atoms. The van der Waals surface area contributed by atoms with Gasteiger partial charge in [0.25, 0.3) is 0 Å². The van der Waals surface area contributed by atoms with E-state index in [9.17, 15) is 4.79 Å². The van der Waals surface area contributed by atoms with Gasteiger partial charge < -0.3 is 4.74 Å². The molecule has 2 heterocycles. The monoisotopic (exact) mass is 401 g/mol. The molecule has 0 spiro atoms. The van der Waals surface area contributed by atoms with Gasteiger partial charge in [0.2, 0.25) is 5.91 Å². The van der Waals surface area contributed by atoms with Crippen LogP contribution in [-0.4, -0.2) is 41.6 Å². The number of hydrogen-bond acceptors (Lipinski definition) is 5. The highest BCUT2D eigenvalue weighted by molar-refractivity contribution is 7.14. The molecule has 1 amide bonds. The number of benzene rings is 1. The Hall–Kier alpha value is -1.76. The van der Waals surface area contributed by atoms with Gasteiger partial charge in [0, 0.05) is 38.5 Å².